The molecule has 18 heavy (non-hydrogen) atoms. The van der Waals surface area contributed by atoms with Crippen LogP contribution in [0, 0.1) is 0 Å². The number of benzene rings is 1. The topological polar surface area (TPSA) is 53.7 Å². The van der Waals surface area contributed by atoms with Crippen molar-refractivity contribution in [3.05, 3.63) is 23.8 Å². The SMILES string of the molecule is COc1cc(OC)cc(C2(C3(N)CC3)COC2)c1. The summed E-state index contributed by atoms with van der Waals surface area (Å²) in [6, 6.07) is 5.99. The largest absolute Gasteiger partial charge is 0.497 e. The summed E-state index contributed by atoms with van der Waals surface area (Å²) < 4.78 is 16.1. The molecule has 0 amide bonds. The molecule has 1 aliphatic carbocycles. The first-order chi connectivity index (χ1) is 8.63. The number of rotatable bonds is 4. The van der Waals surface area contributed by atoms with Crippen LogP contribution in [0.2, 0.25) is 0 Å². The Balaban J connectivity index is 2.04. The van der Waals surface area contributed by atoms with Crippen LogP contribution in [0.1, 0.15) is 18.4 Å². The first kappa shape index (κ1) is 11.8. The zero-order valence-corrected chi connectivity index (χ0v) is 10.9. The van der Waals surface area contributed by atoms with Crippen molar-refractivity contribution in [2.75, 3.05) is 27.4 Å². The van der Waals surface area contributed by atoms with Crippen LogP contribution in [0.15, 0.2) is 18.2 Å². The molecule has 0 bridgehead atoms. The maximum Gasteiger partial charge on any atom is 0.122 e. The Morgan fingerprint density at radius 2 is 1.61 bits per heavy atom. The monoisotopic (exact) mass is 249 g/mol. The molecule has 1 aromatic rings. The third-order valence-electron chi connectivity index (χ3n) is 4.34. The van der Waals surface area contributed by atoms with Crippen molar-refractivity contribution in [1.29, 1.82) is 0 Å². The fourth-order valence-corrected chi connectivity index (χ4v) is 2.74. The standard InChI is InChI=1S/C14H19NO3/c1-16-11-5-10(6-12(7-11)17-2)13(8-18-9-13)14(15)3-4-14/h5-7H,3-4,8-9,15H2,1-2H3. The molecule has 0 atom stereocenters. The van der Waals surface area contributed by atoms with Gasteiger partial charge < -0.3 is 19.9 Å². The summed E-state index contributed by atoms with van der Waals surface area (Å²) >= 11 is 0. The van der Waals surface area contributed by atoms with Crippen molar-refractivity contribution in [2.45, 2.75) is 23.8 Å². The molecule has 4 heteroatoms. The number of hydrogen-bond acceptors (Lipinski definition) is 4. The van der Waals surface area contributed by atoms with Gasteiger partial charge in [0.2, 0.25) is 0 Å². The molecule has 2 aliphatic rings. The Hall–Kier alpha value is -1.26. The van der Waals surface area contributed by atoms with Crippen LogP contribution in [0.25, 0.3) is 0 Å². The fraction of sp³-hybridized carbons (Fsp3) is 0.571. The molecular weight excluding hydrogens is 230 g/mol. The lowest BCUT2D eigenvalue weighted by Gasteiger charge is -2.47. The van der Waals surface area contributed by atoms with Crippen molar-refractivity contribution < 1.29 is 14.2 Å². The van der Waals surface area contributed by atoms with Gasteiger partial charge in [0.15, 0.2) is 0 Å². The fourth-order valence-electron chi connectivity index (χ4n) is 2.74. The van der Waals surface area contributed by atoms with Crippen molar-refractivity contribution in [3.8, 4) is 11.5 Å². The minimum Gasteiger partial charge on any atom is -0.497 e. The van der Waals surface area contributed by atoms with Gasteiger partial charge in [-0.05, 0) is 30.5 Å². The lowest BCUT2D eigenvalue weighted by molar-refractivity contribution is -0.0787. The van der Waals surface area contributed by atoms with E-state index >= 15 is 0 Å². The molecule has 0 aromatic heterocycles. The Morgan fingerprint density at radius 1 is 1.06 bits per heavy atom. The second kappa shape index (κ2) is 3.87. The van der Waals surface area contributed by atoms with E-state index in [-0.39, 0.29) is 11.0 Å². The summed E-state index contributed by atoms with van der Waals surface area (Å²) in [5.41, 5.74) is 7.44. The Labute approximate surface area is 107 Å². The predicted molar refractivity (Wildman–Crippen MR) is 68.2 cm³/mol. The summed E-state index contributed by atoms with van der Waals surface area (Å²) in [6.07, 6.45) is 2.13. The van der Waals surface area contributed by atoms with Crippen LogP contribution < -0.4 is 15.2 Å². The smallest absolute Gasteiger partial charge is 0.122 e. The summed E-state index contributed by atoms with van der Waals surface area (Å²) in [6.45, 7) is 1.39. The van der Waals surface area contributed by atoms with Gasteiger partial charge in [0.05, 0.1) is 32.8 Å². The third-order valence-corrected chi connectivity index (χ3v) is 4.34. The molecule has 0 spiro atoms. The van der Waals surface area contributed by atoms with Gasteiger partial charge in [0, 0.05) is 11.6 Å². The van der Waals surface area contributed by atoms with Gasteiger partial charge in [-0.1, -0.05) is 0 Å². The molecular formula is C14H19NO3. The van der Waals surface area contributed by atoms with Gasteiger partial charge in [0.25, 0.3) is 0 Å². The average Bonchev–Trinajstić information content (AvgIpc) is 3.06. The lowest BCUT2D eigenvalue weighted by atomic mass is 9.70. The van der Waals surface area contributed by atoms with Crippen molar-refractivity contribution in [3.63, 3.8) is 0 Å². The summed E-state index contributed by atoms with van der Waals surface area (Å²) in [5.74, 6) is 1.61. The number of nitrogens with two attached hydrogens (primary N) is 1. The van der Waals surface area contributed by atoms with Crippen molar-refractivity contribution in [2.24, 2.45) is 5.73 Å². The molecule has 4 nitrogen and oxygen atoms in total. The average molecular weight is 249 g/mol. The highest BCUT2D eigenvalue weighted by Gasteiger charge is 2.61. The van der Waals surface area contributed by atoms with Crippen molar-refractivity contribution >= 4 is 0 Å². The van der Waals surface area contributed by atoms with Crippen LogP contribution in [0.5, 0.6) is 11.5 Å². The molecule has 1 aromatic carbocycles. The normalized spacial score (nSPS) is 23.1. The van der Waals surface area contributed by atoms with Gasteiger partial charge in [-0.2, -0.15) is 0 Å². The molecule has 3 rings (SSSR count). The zero-order chi connectivity index (χ0) is 12.8. The van der Waals surface area contributed by atoms with E-state index in [1.807, 2.05) is 6.07 Å². The number of ether oxygens (including phenoxy) is 3. The second-order valence-electron chi connectivity index (χ2n) is 5.33. The van der Waals surface area contributed by atoms with E-state index in [0.29, 0.717) is 13.2 Å². The maximum atomic E-state index is 6.44. The Morgan fingerprint density at radius 3 is 1.94 bits per heavy atom. The molecule has 1 saturated heterocycles. The van der Waals surface area contributed by atoms with Crippen LogP contribution in [-0.2, 0) is 10.2 Å². The number of hydrogen-bond donors (Lipinski definition) is 1. The van der Waals surface area contributed by atoms with E-state index in [1.54, 1.807) is 14.2 Å². The molecule has 1 saturated carbocycles. The molecule has 1 aliphatic heterocycles. The maximum absolute atomic E-state index is 6.44. The minimum atomic E-state index is -0.109. The van der Waals surface area contributed by atoms with E-state index in [0.717, 1.165) is 24.3 Å². The third kappa shape index (κ3) is 1.52. The highest BCUT2D eigenvalue weighted by molar-refractivity contribution is 5.46. The molecule has 1 heterocycles. The molecule has 0 radical (unpaired) electrons. The van der Waals surface area contributed by atoms with Crippen molar-refractivity contribution in [1.82, 2.24) is 0 Å². The van der Waals surface area contributed by atoms with Gasteiger partial charge in [-0.15, -0.1) is 0 Å². The van der Waals surface area contributed by atoms with Crippen LogP contribution in [-0.4, -0.2) is 33.0 Å². The van der Waals surface area contributed by atoms with Crippen LogP contribution >= 0.6 is 0 Å². The van der Waals surface area contributed by atoms with Gasteiger partial charge in [-0.25, -0.2) is 0 Å². The molecule has 0 unspecified atom stereocenters. The molecule has 98 valence electrons. The van der Waals surface area contributed by atoms with E-state index in [9.17, 15) is 0 Å². The van der Waals surface area contributed by atoms with E-state index < -0.39 is 0 Å². The van der Waals surface area contributed by atoms with E-state index in [1.165, 1.54) is 5.56 Å². The Kier molecular flexibility index (Phi) is 2.54. The Bertz CT molecular complexity index is 442. The first-order valence-electron chi connectivity index (χ1n) is 6.24. The quantitative estimate of drug-likeness (QED) is 0.877. The molecule has 2 N–H and O–H groups in total. The highest BCUT2D eigenvalue weighted by atomic mass is 16.5. The highest BCUT2D eigenvalue weighted by Crippen LogP contribution is 2.54. The molecule has 2 fully saturated rings. The van der Waals surface area contributed by atoms with Crippen LogP contribution in [0.4, 0.5) is 0 Å². The minimum absolute atomic E-state index is 0.0607. The predicted octanol–water partition coefficient (Wildman–Crippen LogP) is 1.46. The van der Waals surface area contributed by atoms with Crippen LogP contribution in [0.3, 0.4) is 0 Å². The number of methoxy groups -OCH3 is 2. The van der Waals surface area contributed by atoms with E-state index in [4.69, 9.17) is 19.9 Å². The zero-order valence-electron chi connectivity index (χ0n) is 10.9. The summed E-state index contributed by atoms with van der Waals surface area (Å²) in [5, 5.41) is 0. The first-order valence-corrected chi connectivity index (χ1v) is 6.24. The summed E-state index contributed by atoms with van der Waals surface area (Å²) in [4.78, 5) is 0. The van der Waals surface area contributed by atoms with Gasteiger partial charge in [-0.3, -0.25) is 0 Å². The lowest BCUT2D eigenvalue weighted by Crippen LogP contribution is -2.60. The second-order valence-corrected chi connectivity index (χ2v) is 5.33. The van der Waals surface area contributed by atoms with Gasteiger partial charge >= 0.3 is 0 Å². The summed E-state index contributed by atoms with van der Waals surface area (Å²) in [7, 11) is 3.33. The van der Waals surface area contributed by atoms with E-state index in [2.05, 4.69) is 12.1 Å². The van der Waals surface area contributed by atoms with Gasteiger partial charge in [0.1, 0.15) is 11.5 Å².